The molecule has 0 radical (unpaired) electrons. The summed E-state index contributed by atoms with van der Waals surface area (Å²) in [6, 6.07) is 0. The highest BCUT2D eigenvalue weighted by Gasteiger charge is 1.56. The molecule has 0 aliphatic rings. The van der Waals surface area contributed by atoms with Gasteiger partial charge in [0.15, 0.2) is 0 Å². The highest BCUT2D eigenvalue weighted by Crippen LogP contribution is 1.76. The minimum Gasteiger partial charge on any atom is -0.388 e. The van der Waals surface area contributed by atoms with Crippen LogP contribution in [0.5, 0.6) is 0 Å². The van der Waals surface area contributed by atoms with Gasteiger partial charge in [-0.1, -0.05) is 104 Å². The quantitative estimate of drug-likeness (QED) is 0.353. The van der Waals surface area contributed by atoms with Gasteiger partial charge in [0.1, 0.15) is 0 Å². The Labute approximate surface area is 176 Å². The number of hydrogen-bond acceptors (Lipinski definition) is 2. The number of methoxy groups -OCH3 is 2. The lowest BCUT2D eigenvalue weighted by molar-refractivity contribution is 0.215. The van der Waals surface area contributed by atoms with E-state index in [1.807, 2.05) is 53.7 Å². The van der Waals surface area contributed by atoms with Crippen molar-refractivity contribution < 1.29 is 9.47 Å². The van der Waals surface area contributed by atoms with E-state index >= 15 is 0 Å². The van der Waals surface area contributed by atoms with Crippen molar-refractivity contribution in [2.45, 2.75) is 88.5 Å². The van der Waals surface area contributed by atoms with Gasteiger partial charge in [-0.15, -0.1) is 6.58 Å². The van der Waals surface area contributed by atoms with Crippen molar-refractivity contribution in [3.8, 4) is 0 Å². The summed E-state index contributed by atoms with van der Waals surface area (Å²) in [7, 11) is 4.93. The van der Waals surface area contributed by atoms with E-state index in [0.29, 0.717) is 0 Å². The fourth-order valence-corrected chi connectivity index (χ4v) is 0. The minimum atomic E-state index is 0.819. The molecule has 0 rings (SSSR count). The second-order valence-corrected chi connectivity index (χ2v) is 4.24. The first kappa shape index (κ1) is 50.1. The number of hydrogen-bond donors (Lipinski definition) is 0. The van der Waals surface area contributed by atoms with Gasteiger partial charge in [0, 0.05) is 27.9 Å². The van der Waals surface area contributed by atoms with Crippen LogP contribution in [0.2, 0.25) is 0 Å². The number of unbranched alkanes of at least 4 members (excludes halogenated alkanes) is 1. The van der Waals surface area contributed by atoms with Crippen molar-refractivity contribution in [3.05, 3.63) is 50.1 Å². The molecular formula is C25H58O2. The Kier molecular flexibility index (Phi) is 270. The predicted molar refractivity (Wildman–Crippen MR) is 135 cm³/mol. The molecule has 0 amide bonds. The lowest BCUT2D eigenvalue weighted by Gasteiger charge is -1.76. The van der Waals surface area contributed by atoms with Crippen molar-refractivity contribution in [2.24, 2.45) is 0 Å². The number of ether oxygens (including phenoxy) is 2. The van der Waals surface area contributed by atoms with Crippen LogP contribution in [-0.4, -0.2) is 27.9 Å². The molecule has 0 aromatic carbocycles. The van der Waals surface area contributed by atoms with Gasteiger partial charge in [0.25, 0.3) is 0 Å². The Morgan fingerprint density at radius 3 is 0.815 bits per heavy atom. The normalized spacial score (nSPS) is 6.41. The van der Waals surface area contributed by atoms with Crippen LogP contribution < -0.4 is 0 Å². The Bertz CT molecular complexity index is 153. The van der Waals surface area contributed by atoms with Gasteiger partial charge < -0.3 is 9.47 Å². The van der Waals surface area contributed by atoms with Gasteiger partial charge in [-0.25, -0.2) is 0 Å². The van der Waals surface area contributed by atoms with Crippen LogP contribution in [0.25, 0.3) is 0 Å². The van der Waals surface area contributed by atoms with Gasteiger partial charge in [-0.2, -0.15) is 0 Å². The molecule has 0 aliphatic heterocycles. The SMILES string of the molecule is C=CC.C=CC=C.CC.CC=CC.CCC.CCCC.CCOC.COC. The second-order valence-electron chi connectivity index (χ2n) is 4.24. The largest absolute Gasteiger partial charge is 0.388 e. The van der Waals surface area contributed by atoms with E-state index in [2.05, 4.69) is 56.9 Å². The molecule has 0 aliphatic carbocycles. The van der Waals surface area contributed by atoms with Gasteiger partial charge in [-0.3, -0.25) is 0 Å². The first-order chi connectivity index (χ1) is 12.9. The molecule has 170 valence electrons. The fraction of sp³-hybridized carbons (Fsp3) is 0.680. The van der Waals surface area contributed by atoms with Crippen molar-refractivity contribution >= 4 is 0 Å². The maximum absolute atomic E-state index is 4.54. The van der Waals surface area contributed by atoms with Crippen LogP contribution in [0.15, 0.2) is 50.1 Å². The molecule has 0 saturated carbocycles. The van der Waals surface area contributed by atoms with Gasteiger partial charge in [-0.05, 0) is 27.7 Å². The number of allylic oxidation sites excluding steroid dienone is 5. The van der Waals surface area contributed by atoms with Crippen molar-refractivity contribution in [1.29, 1.82) is 0 Å². The van der Waals surface area contributed by atoms with E-state index in [9.17, 15) is 0 Å². The predicted octanol–water partition coefficient (Wildman–Crippen LogP) is 9.30. The van der Waals surface area contributed by atoms with Crippen LogP contribution in [0, 0.1) is 0 Å². The Hall–Kier alpha value is -1.12. The lowest BCUT2D eigenvalue weighted by atomic mass is 10.4. The third-order valence-corrected chi connectivity index (χ3v) is 1.29. The molecule has 2 heteroatoms. The molecule has 0 fully saturated rings. The van der Waals surface area contributed by atoms with Crippen LogP contribution in [0.1, 0.15) is 88.5 Å². The number of rotatable bonds is 3. The summed E-state index contributed by atoms with van der Waals surface area (Å²) in [5.74, 6) is 0. The van der Waals surface area contributed by atoms with E-state index in [0.717, 1.165) is 6.61 Å². The van der Waals surface area contributed by atoms with Crippen LogP contribution in [0.4, 0.5) is 0 Å². The summed E-state index contributed by atoms with van der Waals surface area (Å²) >= 11 is 0. The molecule has 0 atom stereocenters. The Morgan fingerprint density at radius 2 is 0.815 bits per heavy atom. The molecule has 0 unspecified atom stereocenters. The van der Waals surface area contributed by atoms with E-state index in [4.69, 9.17) is 0 Å². The molecule has 0 spiro atoms. The maximum Gasteiger partial charge on any atom is 0.0433 e. The van der Waals surface area contributed by atoms with Crippen LogP contribution >= 0.6 is 0 Å². The standard InChI is InChI=1S/C4H10.C4H8.C4H6.C3H8O.C3H8.C3H6.C2H6O.C2H6/c4*1-3-4-2;3*1-3-2;1-2/h3-4H2,1-2H3;3-4H,1-2H3;3-4H,1-2H2;3H2,1-2H3;3H2,1-2H3;3H,1H2,2H3;1-2H3;1-2H3. The molecule has 0 bridgehead atoms. The summed E-state index contributed by atoms with van der Waals surface area (Å²) < 4.78 is 8.79. The summed E-state index contributed by atoms with van der Waals surface area (Å²) in [6.07, 6.45) is 12.9. The third kappa shape index (κ3) is 1570. The molecule has 27 heavy (non-hydrogen) atoms. The lowest BCUT2D eigenvalue weighted by Crippen LogP contribution is -1.73. The second kappa shape index (κ2) is 145. The zero-order chi connectivity index (χ0) is 23.8. The van der Waals surface area contributed by atoms with E-state index in [1.54, 1.807) is 39.6 Å². The Balaban J connectivity index is -0.0000000257. The average molecular weight is 391 g/mol. The summed E-state index contributed by atoms with van der Waals surface area (Å²) in [5, 5.41) is 0. The van der Waals surface area contributed by atoms with Crippen molar-refractivity contribution in [3.63, 3.8) is 0 Å². The van der Waals surface area contributed by atoms with Crippen molar-refractivity contribution in [2.75, 3.05) is 27.9 Å². The van der Waals surface area contributed by atoms with Gasteiger partial charge >= 0.3 is 0 Å². The molecule has 0 saturated heterocycles. The Morgan fingerprint density at radius 1 is 0.667 bits per heavy atom. The van der Waals surface area contributed by atoms with Crippen LogP contribution in [0.3, 0.4) is 0 Å². The molecule has 0 N–H and O–H groups in total. The molecule has 0 aromatic heterocycles. The zero-order valence-corrected chi connectivity index (χ0v) is 21.7. The van der Waals surface area contributed by atoms with Gasteiger partial charge in [0.05, 0.1) is 0 Å². The fourth-order valence-electron chi connectivity index (χ4n) is 0. The average Bonchev–Trinajstić information content (AvgIpc) is 2.71. The van der Waals surface area contributed by atoms with Crippen molar-refractivity contribution in [1.82, 2.24) is 0 Å². The first-order valence-electron chi connectivity index (χ1n) is 10.2. The summed E-state index contributed by atoms with van der Waals surface area (Å²) in [5.41, 5.74) is 0. The minimum absolute atomic E-state index is 0.819. The smallest absolute Gasteiger partial charge is 0.0433 e. The third-order valence-electron chi connectivity index (χ3n) is 1.29. The maximum atomic E-state index is 4.54. The highest BCUT2D eigenvalue weighted by molar-refractivity contribution is 4.88. The van der Waals surface area contributed by atoms with E-state index < -0.39 is 0 Å². The zero-order valence-electron chi connectivity index (χ0n) is 21.7. The summed E-state index contributed by atoms with van der Waals surface area (Å²) in [4.78, 5) is 0. The van der Waals surface area contributed by atoms with E-state index in [1.165, 1.54) is 19.3 Å². The molecule has 0 aromatic rings. The van der Waals surface area contributed by atoms with Crippen LogP contribution in [-0.2, 0) is 9.47 Å². The topological polar surface area (TPSA) is 18.5 Å². The molecule has 2 nitrogen and oxygen atoms in total. The van der Waals surface area contributed by atoms with Gasteiger partial charge in [0.2, 0.25) is 0 Å². The van der Waals surface area contributed by atoms with E-state index in [-0.39, 0.29) is 0 Å². The molecular weight excluding hydrogens is 332 g/mol. The molecule has 0 heterocycles. The highest BCUT2D eigenvalue weighted by atomic mass is 16.5. The monoisotopic (exact) mass is 390 g/mol. The first-order valence-corrected chi connectivity index (χ1v) is 10.2. The summed E-state index contributed by atoms with van der Waals surface area (Å²) in [6.45, 7) is 31.4.